The monoisotopic (exact) mass is 1210 g/mol. The second kappa shape index (κ2) is 21.0. The maximum absolute atomic E-state index is 6.22. The highest BCUT2D eigenvalue weighted by Crippen LogP contribution is 2.47. The smallest absolute Gasteiger partial charge is 0.246 e. The first-order valence-corrected chi connectivity index (χ1v) is 32.4. The Kier molecular flexibility index (Phi) is 11.9. The van der Waals surface area contributed by atoms with Crippen LogP contribution >= 0.6 is 22.7 Å². The molecule has 6 aromatic heterocycles. The molecule has 92 heavy (non-hydrogen) atoms. The van der Waals surface area contributed by atoms with E-state index in [0.717, 1.165) is 99.3 Å². The summed E-state index contributed by atoms with van der Waals surface area (Å²) in [4.78, 5) is 19.6. The molecule has 14 aromatic carbocycles. The third-order valence-electron chi connectivity index (χ3n) is 18.2. The van der Waals surface area contributed by atoms with Crippen LogP contribution in [0.4, 0.5) is 0 Å². The summed E-state index contributed by atoms with van der Waals surface area (Å²) in [7, 11) is 0. The Labute approximate surface area is 534 Å². The average molecular weight is 1210 g/mol. The Bertz CT molecular complexity index is 6430. The molecule has 20 aromatic rings. The highest BCUT2D eigenvalue weighted by molar-refractivity contribution is 7.27. The minimum atomic E-state index is 0.555. The number of rotatable bonds is 6. The van der Waals surface area contributed by atoms with E-state index in [0.29, 0.717) is 11.4 Å². The standard InChI is InChI=1S/2C42H24N2OS/c1-3-14-31-26(9-1)19-21-37-38(31)34-17-7-16-33(41(34)46-37)29-12-5-10-27(22-29)28-11-6-13-30(23-28)35-24-43-40-39-32-15-4-2-8-25(32)18-20-36(39)45-42(40)44-35;1-3-15-31-25(9-1)19-20-36-39(31)40-42(45-36)44-35(24-43-40)30-14-8-12-27(22-30)26-11-7-13-28(21-26)34-23-29-10-2-4-16-32(29)38-33-17-5-6-18-37(33)46-41(34)38/h2*1-24H. The minimum absolute atomic E-state index is 0.555. The second-order valence-corrected chi connectivity index (χ2v) is 25.7. The number of hydrogen-bond acceptors (Lipinski definition) is 8. The van der Waals surface area contributed by atoms with E-state index >= 15 is 0 Å². The molecule has 0 fully saturated rings. The molecule has 8 heteroatoms. The predicted octanol–water partition coefficient (Wildman–Crippen LogP) is 24.1. The van der Waals surface area contributed by atoms with Crippen LogP contribution in [0.25, 0.3) is 195 Å². The lowest BCUT2D eigenvalue weighted by molar-refractivity contribution is 0.653. The summed E-state index contributed by atoms with van der Waals surface area (Å²) >= 11 is 3.76. The SMILES string of the molecule is c1cc(-c2cccc(-c3cc4ccccc4c4c3sc3ccccc34)c2)cc(-c2cnc3c(n2)oc2ccc4ccccc4c23)c1.c1cc(-c2cccc(-c3cccc4c3sc3ccc5ccccc5c34)c2)cc(-c2cnc3c(n2)oc2ccc4ccccc4c23)c1. The molecular formula is C84H48N4O2S2. The van der Waals surface area contributed by atoms with Gasteiger partial charge in [0.2, 0.25) is 11.4 Å². The van der Waals surface area contributed by atoms with E-state index in [2.05, 4.69) is 255 Å². The number of furan rings is 2. The molecule has 0 saturated carbocycles. The van der Waals surface area contributed by atoms with Crippen LogP contribution in [0.15, 0.2) is 300 Å². The zero-order valence-corrected chi connectivity index (χ0v) is 50.8. The van der Waals surface area contributed by atoms with Gasteiger partial charge in [0.15, 0.2) is 0 Å². The van der Waals surface area contributed by atoms with Crippen LogP contribution < -0.4 is 0 Å². The van der Waals surface area contributed by atoms with Crippen LogP contribution in [0.5, 0.6) is 0 Å². The lowest BCUT2D eigenvalue weighted by Gasteiger charge is -2.11. The van der Waals surface area contributed by atoms with E-state index < -0.39 is 0 Å². The average Bonchev–Trinajstić information content (AvgIpc) is 1.61. The molecule has 0 N–H and O–H groups in total. The zero-order valence-electron chi connectivity index (χ0n) is 49.1. The first kappa shape index (κ1) is 52.3. The maximum Gasteiger partial charge on any atom is 0.246 e. The second-order valence-electron chi connectivity index (χ2n) is 23.6. The summed E-state index contributed by atoms with van der Waals surface area (Å²) in [5.74, 6) is 0. The van der Waals surface area contributed by atoms with Crippen molar-refractivity contribution in [3.05, 3.63) is 291 Å². The Morgan fingerprint density at radius 3 is 1.24 bits per heavy atom. The fourth-order valence-electron chi connectivity index (χ4n) is 13.9. The van der Waals surface area contributed by atoms with Gasteiger partial charge in [0.05, 0.1) is 34.6 Å². The van der Waals surface area contributed by atoms with E-state index in [1.165, 1.54) is 84.1 Å². The Morgan fingerprint density at radius 1 is 0.261 bits per heavy atom. The fraction of sp³-hybridized carbons (Fsp3) is 0. The van der Waals surface area contributed by atoms with Gasteiger partial charge in [-0.25, -0.2) is 19.9 Å². The van der Waals surface area contributed by atoms with Gasteiger partial charge in [-0.15, -0.1) is 22.7 Å². The highest BCUT2D eigenvalue weighted by atomic mass is 32.1. The van der Waals surface area contributed by atoms with E-state index in [1.807, 2.05) is 59.3 Å². The van der Waals surface area contributed by atoms with Crippen molar-refractivity contribution >= 4 is 151 Å². The van der Waals surface area contributed by atoms with Crippen molar-refractivity contribution in [2.24, 2.45) is 0 Å². The summed E-state index contributed by atoms with van der Waals surface area (Å²) in [5, 5.41) is 17.1. The molecule has 6 heterocycles. The van der Waals surface area contributed by atoms with Gasteiger partial charge in [-0.1, -0.05) is 224 Å². The number of thiophene rings is 2. The number of nitrogens with zero attached hydrogens (tertiary/aromatic N) is 4. The van der Waals surface area contributed by atoms with Crippen LogP contribution in [0.2, 0.25) is 0 Å². The maximum atomic E-state index is 6.22. The lowest BCUT2D eigenvalue weighted by atomic mass is 9.94. The van der Waals surface area contributed by atoms with Crippen molar-refractivity contribution in [1.29, 1.82) is 0 Å². The number of benzene rings is 14. The van der Waals surface area contributed by atoms with Gasteiger partial charge in [-0.05, 0) is 137 Å². The molecule has 0 aliphatic heterocycles. The molecule has 0 amide bonds. The highest BCUT2D eigenvalue weighted by Gasteiger charge is 2.20. The third kappa shape index (κ3) is 8.53. The quantitative estimate of drug-likeness (QED) is 0.165. The fourth-order valence-corrected chi connectivity index (χ4v) is 16.4. The first-order valence-electron chi connectivity index (χ1n) is 30.8. The summed E-state index contributed by atoms with van der Waals surface area (Å²) in [6.45, 7) is 0. The summed E-state index contributed by atoms with van der Waals surface area (Å²) in [6.07, 6.45) is 3.72. The number of aromatic nitrogens is 4. The van der Waals surface area contributed by atoms with Gasteiger partial charge in [-0.3, -0.25) is 0 Å². The molecule has 428 valence electrons. The largest absolute Gasteiger partial charge is 0.436 e. The van der Waals surface area contributed by atoms with Crippen LogP contribution in [0.3, 0.4) is 0 Å². The zero-order chi connectivity index (χ0) is 60.4. The molecule has 6 nitrogen and oxygen atoms in total. The van der Waals surface area contributed by atoms with Gasteiger partial charge >= 0.3 is 0 Å². The van der Waals surface area contributed by atoms with Gasteiger partial charge < -0.3 is 8.83 Å². The predicted molar refractivity (Wildman–Crippen MR) is 387 cm³/mol. The van der Waals surface area contributed by atoms with Gasteiger partial charge in [0.1, 0.15) is 22.2 Å². The van der Waals surface area contributed by atoms with Crippen LogP contribution in [-0.2, 0) is 0 Å². The third-order valence-corrected chi connectivity index (χ3v) is 20.6. The summed E-state index contributed by atoms with van der Waals surface area (Å²) in [6, 6.07) is 99.4. The minimum Gasteiger partial charge on any atom is -0.436 e. The van der Waals surface area contributed by atoms with Gasteiger partial charge in [0.25, 0.3) is 0 Å². The molecule has 0 saturated heterocycles. The summed E-state index contributed by atoms with van der Waals surface area (Å²) in [5.41, 5.74) is 17.4. The van der Waals surface area contributed by atoms with Gasteiger partial charge in [-0.2, -0.15) is 0 Å². The van der Waals surface area contributed by atoms with E-state index in [1.54, 1.807) is 0 Å². The molecule has 0 spiro atoms. The van der Waals surface area contributed by atoms with E-state index in [9.17, 15) is 0 Å². The Morgan fingerprint density at radius 2 is 0.674 bits per heavy atom. The van der Waals surface area contributed by atoms with Crippen LogP contribution in [0, 0.1) is 0 Å². The van der Waals surface area contributed by atoms with Gasteiger partial charge in [0, 0.05) is 57.0 Å². The topological polar surface area (TPSA) is 77.8 Å². The van der Waals surface area contributed by atoms with Crippen molar-refractivity contribution in [1.82, 2.24) is 19.9 Å². The van der Waals surface area contributed by atoms with E-state index in [-0.39, 0.29) is 0 Å². The molecule has 0 aliphatic carbocycles. The lowest BCUT2D eigenvalue weighted by Crippen LogP contribution is -1.88. The molecule has 0 aliphatic rings. The van der Waals surface area contributed by atoms with Crippen molar-refractivity contribution in [2.45, 2.75) is 0 Å². The Balaban J connectivity index is 0.000000132. The number of hydrogen-bond donors (Lipinski definition) is 0. The molecule has 0 atom stereocenters. The normalized spacial score (nSPS) is 11.9. The van der Waals surface area contributed by atoms with Crippen molar-refractivity contribution in [3.8, 4) is 67.0 Å². The van der Waals surface area contributed by atoms with Crippen molar-refractivity contribution in [3.63, 3.8) is 0 Å². The molecule has 0 bridgehead atoms. The first-order chi connectivity index (χ1) is 45.6. The summed E-state index contributed by atoms with van der Waals surface area (Å²) < 4.78 is 17.7. The molecule has 0 unspecified atom stereocenters. The molecule has 20 rings (SSSR count). The van der Waals surface area contributed by atoms with Crippen molar-refractivity contribution in [2.75, 3.05) is 0 Å². The van der Waals surface area contributed by atoms with Crippen molar-refractivity contribution < 1.29 is 8.83 Å². The van der Waals surface area contributed by atoms with Crippen LogP contribution in [0.1, 0.15) is 0 Å². The van der Waals surface area contributed by atoms with E-state index in [4.69, 9.17) is 28.8 Å². The Hall–Kier alpha value is -11.7. The molecular weight excluding hydrogens is 1160 g/mol. The molecule has 0 radical (unpaired) electrons. The number of fused-ring (bicyclic) bond motifs is 20. The van der Waals surface area contributed by atoms with Crippen LogP contribution in [-0.4, -0.2) is 19.9 Å².